The maximum absolute atomic E-state index is 12.3. The summed E-state index contributed by atoms with van der Waals surface area (Å²) < 4.78 is 5.78. The van der Waals surface area contributed by atoms with Gasteiger partial charge in [-0.05, 0) is 66.7 Å². The molecule has 4 rings (SSSR count). The van der Waals surface area contributed by atoms with Gasteiger partial charge in [0.05, 0.1) is 21.2 Å². The normalized spacial score (nSPS) is 16.2. The Morgan fingerprint density at radius 3 is 2.74 bits per heavy atom. The van der Waals surface area contributed by atoms with Crippen molar-refractivity contribution in [3.05, 3.63) is 80.4 Å². The van der Waals surface area contributed by atoms with Crippen LogP contribution in [0.2, 0.25) is 10.0 Å². The molecule has 156 valence electrons. The number of benzene rings is 2. The lowest BCUT2D eigenvalue weighted by Crippen LogP contribution is -2.19. The first-order valence-electron chi connectivity index (χ1n) is 8.99. The van der Waals surface area contributed by atoms with Crippen LogP contribution in [-0.2, 0) is 4.79 Å². The van der Waals surface area contributed by atoms with Crippen LogP contribution in [-0.4, -0.2) is 22.2 Å². The summed E-state index contributed by atoms with van der Waals surface area (Å²) in [5, 5.41) is 13.1. The number of rotatable bonds is 4. The highest BCUT2D eigenvalue weighted by Gasteiger charge is 2.24. The molecule has 1 saturated heterocycles. The predicted molar refractivity (Wildman–Crippen MR) is 123 cm³/mol. The van der Waals surface area contributed by atoms with Crippen LogP contribution in [0.1, 0.15) is 21.7 Å². The maximum Gasteiger partial charge on any atom is 0.337 e. The predicted octanol–water partition coefficient (Wildman–Crippen LogP) is 6.15. The number of nitrogens with zero attached hydrogens (tertiary/aromatic N) is 1. The zero-order valence-corrected chi connectivity index (χ0v) is 18.3. The van der Waals surface area contributed by atoms with Gasteiger partial charge >= 0.3 is 5.97 Å². The van der Waals surface area contributed by atoms with Crippen LogP contribution in [0.5, 0.6) is 0 Å². The summed E-state index contributed by atoms with van der Waals surface area (Å²) in [4.78, 5) is 28.5. The van der Waals surface area contributed by atoms with Crippen molar-refractivity contribution in [1.82, 2.24) is 5.32 Å². The molecular weight excluding hydrogens is 459 g/mol. The molecule has 3 aromatic rings. The molecule has 0 atom stereocenters. The van der Waals surface area contributed by atoms with Gasteiger partial charge in [-0.3, -0.25) is 4.79 Å². The number of aryl methyl sites for hydroxylation is 1. The van der Waals surface area contributed by atoms with E-state index in [0.717, 1.165) is 5.56 Å². The smallest absolute Gasteiger partial charge is 0.337 e. The van der Waals surface area contributed by atoms with E-state index in [1.54, 1.807) is 36.4 Å². The van der Waals surface area contributed by atoms with Crippen LogP contribution in [0.3, 0.4) is 0 Å². The highest BCUT2D eigenvalue weighted by molar-refractivity contribution is 8.18. The number of hydrogen-bond donors (Lipinski definition) is 2. The maximum atomic E-state index is 12.3. The summed E-state index contributed by atoms with van der Waals surface area (Å²) in [6.45, 7) is 1.91. The van der Waals surface area contributed by atoms with Gasteiger partial charge in [0.25, 0.3) is 5.91 Å². The molecule has 0 spiro atoms. The molecule has 31 heavy (non-hydrogen) atoms. The molecule has 9 heteroatoms. The molecule has 2 aromatic carbocycles. The largest absolute Gasteiger partial charge is 0.478 e. The van der Waals surface area contributed by atoms with Crippen LogP contribution >= 0.6 is 35.0 Å². The number of furan rings is 1. The van der Waals surface area contributed by atoms with E-state index in [1.165, 1.54) is 23.9 Å². The first-order valence-corrected chi connectivity index (χ1v) is 10.6. The number of aromatic carboxylic acids is 1. The minimum Gasteiger partial charge on any atom is -0.478 e. The molecule has 0 saturated carbocycles. The number of nitrogens with one attached hydrogen (secondary N) is 1. The van der Waals surface area contributed by atoms with Crippen molar-refractivity contribution in [2.75, 3.05) is 0 Å². The van der Waals surface area contributed by atoms with Gasteiger partial charge in [-0.1, -0.05) is 29.3 Å². The number of carboxylic acids is 1. The Hall–Kier alpha value is -3.00. The topological polar surface area (TPSA) is 91.9 Å². The first kappa shape index (κ1) is 21.2. The van der Waals surface area contributed by atoms with Gasteiger partial charge in [-0.25, -0.2) is 9.79 Å². The molecule has 1 aliphatic heterocycles. The summed E-state index contributed by atoms with van der Waals surface area (Å²) in [7, 11) is 0. The van der Waals surface area contributed by atoms with Crippen molar-refractivity contribution in [3.63, 3.8) is 0 Å². The second kappa shape index (κ2) is 8.63. The molecular formula is C22H14Cl2N2O4S. The van der Waals surface area contributed by atoms with Crippen molar-refractivity contribution in [2.45, 2.75) is 6.92 Å². The van der Waals surface area contributed by atoms with Crippen LogP contribution in [0.25, 0.3) is 17.4 Å². The molecule has 0 aliphatic carbocycles. The molecule has 1 aromatic heterocycles. The van der Waals surface area contributed by atoms with Crippen LogP contribution in [0.15, 0.2) is 62.8 Å². The van der Waals surface area contributed by atoms with E-state index < -0.39 is 5.97 Å². The summed E-state index contributed by atoms with van der Waals surface area (Å²) in [6.07, 6.45) is 1.60. The van der Waals surface area contributed by atoms with E-state index in [9.17, 15) is 14.7 Å². The third-order valence-electron chi connectivity index (χ3n) is 4.43. The Morgan fingerprint density at radius 2 is 1.97 bits per heavy atom. The van der Waals surface area contributed by atoms with Crippen molar-refractivity contribution < 1.29 is 19.1 Å². The Bertz CT molecular complexity index is 1280. The molecule has 0 bridgehead atoms. The van der Waals surface area contributed by atoms with Gasteiger partial charge in [0, 0.05) is 16.7 Å². The van der Waals surface area contributed by atoms with E-state index in [0.29, 0.717) is 37.9 Å². The van der Waals surface area contributed by atoms with Crippen LogP contribution in [0.4, 0.5) is 5.69 Å². The van der Waals surface area contributed by atoms with Gasteiger partial charge in [0.2, 0.25) is 0 Å². The van der Waals surface area contributed by atoms with E-state index >= 15 is 0 Å². The lowest BCUT2D eigenvalue weighted by Gasteiger charge is -2.02. The van der Waals surface area contributed by atoms with Gasteiger partial charge < -0.3 is 14.8 Å². The average molecular weight is 473 g/mol. The monoisotopic (exact) mass is 472 g/mol. The van der Waals surface area contributed by atoms with Gasteiger partial charge in [-0.2, -0.15) is 0 Å². The minimum absolute atomic E-state index is 0.0154. The van der Waals surface area contributed by atoms with E-state index in [1.807, 2.05) is 13.0 Å². The standard InChI is InChI=1S/C22H14Cl2N2O4S/c1-11-2-4-13(23)9-17(11)25-22-26-20(27)19(31-22)10-14-5-7-18(30-14)12-3-6-16(24)15(8-12)21(28)29/h2-10H,1H3,(H,28,29)(H,25,26,27)/b19-10-. The first-order chi connectivity index (χ1) is 14.8. The molecule has 2 N–H and O–H groups in total. The fraction of sp³-hybridized carbons (Fsp3) is 0.0455. The fourth-order valence-electron chi connectivity index (χ4n) is 2.85. The number of thioether (sulfide) groups is 1. The van der Waals surface area contributed by atoms with Gasteiger partial charge in [0.1, 0.15) is 11.5 Å². The molecule has 0 radical (unpaired) electrons. The number of carboxylic acid groups (broad SMARTS) is 1. The van der Waals surface area contributed by atoms with Crippen LogP contribution < -0.4 is 5.32 Å². The third kappa shape index (κ3) is 4.69. The highest BCUT2D eigenvalue weighted by atomic mass is 35.5. The molecule has 1 amide bonds. The molecule has 1 aliphatic rings. The van der Waals surface area contributed by atoms with Crippen molar-refractivity contribution in [3.8, 4) is 11.3 Å². The van der Waals surface area contributed by atoms with Crippen LogP contribution in [0, 0.1) is 6.92 Å². The van der Waals surface area contributed by atoms with E-state index in [-0.39, 0.29) is 16.5 Å². The number of hydrogen-bond acceptors (Lipinski definition) is 5. The number of carbonyl (C=O) groups is 2. The van der Waals surface area contributed by atoms with Crippen molar-refractivity contribution in [1.29, 1.82) is 0 Å². The fourth-order valence-corrected chi connectivity index (χ4v) is 4.03. The molecule has 6 nitrogen and oxygen atoms in total. The summed E-state index contributed by atoms with van der Waals surface area (Å²) in [5.41, 5.74) is 2.16. The average Bonchev–Trinajstić information content (AvgIpc) is 3.32. The number of aliphatic imine (C=N–C) groups is 1. The second-order valence-electron chi connectivity index (χ2n) is 6.61. The molecule has 1 fully saturated rings. The number of halogens is 2. The van der Waals surface area contributed by atoms with Crippen molar-refractivity contribution >= 4 is 63.8 Å². The molecule has 2 heterocycles. The summed E-state index contributed by atoms with van der Waals surface area (Å²) in [6, 6.07) is 13.4. The lowest BCUT2D eigenvalue weighted by atomic mass is 10.1. The number of amides is 1. The van der Waals surface area contributed by atoms with Crippen molar-refractivity contribution in [2.24, 2.45) is 4.99 Å². The van der Waals surface area contributed by atoms with E-state index in [4.69, 9.17) is 27.6 Å². The zero-order valence-electron chi connectivity index (χ0n) is 16.0. The third-order valence-corrected chi connectivity index (χ3v) is 5.90. The summed E-state index contributed by atoms with van der Waals surface area (Å²) >= 11 is 13.1. The lowest BCUT2D eigenvalue weighted by molar-refractivity contribution is -0.115. The highest BCUT2D eigenvalue weighted by Crippen LogP contribution is 2.32. The Kier molecular flexibility index (Phi) is 5.91. The quantitative estimate of drug-likeness (QED) is 0.444. The van der Waals surface area contributed by atoms with Gasteiger partial charge in [0.15, 0.2) is 5.17 Å². The Labute approximate surface area is 191 Å². The Balaban J connectivity index is 1.58. The Morgan fingerprint density at radius 1 is 1.16 bits per heavy atom. The number of carbonyl (C=O) groups excluding carboxylic acids is 1. The summed E-state index contributed by atoms with van der Waals surface area (Å²) in [5.74, 6) is -0.514. The second-order valence-corrected chi connectivity index (χ2v) is 8.49. The van der Waals surface area contributed by atoms with E-state index in [2.05, 4.69) is 10.3 Å². The molecule has 0 unspecified atom stereocenters. The SMILES string of the molecule is Cc1ccc(Cl)cc1N=C1NC(=O)/C(=C/c2ccc(-c3ccc(Cl)c(C(=O)O)c3)o2)S1. The zero-order chi connectivity index (χ0) is 22.1. The number of amidine groups is 1. The van der Waals surface area contributed by atoms with Gasteiger partial charge in [-0.15, -0.1) is 0 Å². The minimum atomic E-state index is -1.12.